The maximum absolute atomic E-state index is 12.8. The third kappa shape index (κ3) is 5.90. The van der Waals surface area contributed by atoms with Gasteiger partial charge in [-0.15, -0.1) is 0 Å². The number of rotatable bonds is 7. The lowest BCUT2D eigenvalue weighted by Gasteiger charge is -2.26. The second-order valence-corrected chi connectivity index (χ2v) is 9.34. The molecule has 9 heteroatoms. The van der Waals surface area contributed by atoms with Gasteiger partial charge in [0.25, 0.3) is 0 Å². The van der Waals surface area contributed by atoms with Crippen LogP contribution in [0.15, 0.2) is 59.5 Å². The fourth-order valence-electron chi connectivity index (χ4n) is 3.51. The molecule has 0 saturated carbocycles. The molecule has 1 atom stereocenters. The molecule has 2 aromatic carbocycles. The van der Waals surface area contributed by atoms with Crippen molar-refractivity contribution in [3.8, 4) is 0 Å². The molecule has 3 rings (SSSR count). The molecule has 1 heterocycles. The van der Waals surface area contributed by atoms with Crippen LogP contribution in [-0.2, 0) is 21.4 Å². The van der Waals surface area contributed by atoms with Crippen LogP contribution >= 0.6 is 0 Å². The SMILES string of the molecule is CNC(=O)NC(=O)[C@H](NCc1ccc(S(=O)(=O)N2CCCCC2)cc1)c1ccccc1. The number of imide groups is 1. The van der Waals surface area contributed by atoms with Gasteiger partial charge in [0, 0.05) is 26.7 Å². The van der Waals surface area contributed by atoms with Crippen molar-refractivity contribution in [1.82, 2.24) is 20.3 Å². The van der Waals surface area contributed by atoms with E-state index >= 15 is 0 Å². The van der Waals surface area contributed by atoms with E-state index in [2.05, 4.69) is 16.0 Å². The van der Waals surface area contributed by atoms with Gasteiger partial charge in [-0.1, -0.05) is 48.9 Å². The summed E-state index contributed by atoms with van der Waals surface area (Å²) in [5.41, 5.74) is 1.54. The zero-order valence-corrected chi connectivity index (χ0v) is 18.3. The summed E-state index contributed by atoms with van der Waals surface area (Å²) in [5, 5.41) is 7.81. The van der Waals surface area contributed by atoms with Crippen LogP contribution in [-0.4, -0.2) is 44.8 Å². The Kier molecular flexibility index (Phi) is 7.78. The molecule has 0 radical (unpaired) electrons. The molecule has 31 heavy (non-hydrogen) atoms. The van der Waals surface area contributed by atoms with E-state index in [0.29, 0.717) is 25.2 Å². The molecule has 0 aromatic heterocycles. The smallest absolute Gasteiger partial charge is 0.321 e. The van der Waals surface area contributed by atoms with Crippen molar-refractivity contribution in [1.29, 1.82) is 0 Å². The Labute approximate surface area is 183 Å². The number of carbonyl (C=O) groups is 2. The van der Waals surface area contributed by atoms with E-state index in [1.54, 1.807) is 36.4 Å². The van der Waals surface area contributed by atoms with Gasteiger partial charge in [0.2, 0.25) is 15.9 Å². The minimum atomic E-state index is -3.48. The molecule has 1 fully saturated rings. The van der Waals surface area contributed by atoms with Crippen LogP contribution in [0, 0.1) is 0 Å². The Morgan fingerprint density at radius 2 is 1.61 bits per heavy atom. The van der Waals surface area contributed by atoms with Crippen LogP contribution in [0.25, 0.3) is 0 Å². The van der Waals surface area contributed by atoms with Gasteiger partial charge in [0.15, 0.2) is 0 Å². The quantitative estimate of drug-likeness (QED) is 0.607. The number of urea groups is 1. The Morgan fingerprint density at radius 1 is 0.968 bits per heavy atom. The summed E-state index contributed by atoms with van der Waals surface area (Å²) >= 11 is 0. The minimum Gasteiger partial charge on any atom is -0.341 e. The lowest BCUT2D eigenvalue weighted by molar-refractivity contribution is -0.122. The van der Waals surface area contributed by atoms with Crippen molar-refractivity contribution in [3.63, 3.8) is 0 Å². The number of sulfonamides is 1. The molecule has 0 bridgehead atoms. The van der Waals surface area contributed by atoms with Crippen molar-refractivity contribution in [2.75, 3.05) is 20.1 Å². The highest BCUT2D eigenvalue weighted by Gasteiger charge is 2.26. The van der Waals surface area contributed by atoms with Crippen molar-refractivity contribution >= 4 is 22.0 Å². The molecule has 1 saturated heterocycles. The minimum absolute atomic E-state index is 0.273. The van der Waals surface area contributed by atoms with E-state index in [-0.39, 0.29) is 4.90 Å². The first-order valence-corrected chi connectivity index (χ1v) is 11.8. The fraction of sp³-hybridized carbons (Fsp3) is 0.364. The van der Waals surface area contributed by atoms with Crippen LogP contribution in [0.5, 0.6) is 0 Å². The highest BCUT2D eigenvalue weighted by molar-refractivity contribution is 7.89. The number of nitrogens with zero attached hydrogens (tertiary/aromatic N) is 1. The largest absolute Gasteiger partial charge is 0.341 e. The number of amides is 3. The molecule has 3 N–H and O–H groups in total. The predicted octanol–water partition coefficient (Wildman–Crippen LogP) is 2.15. The highest BCUT2D eigenvalue weighted by Crippen LogP contribution is 2.21. The van der Waals surface area contributed by atoms with Crippen molar-refractivity contribution in [2.45, 2.75) is 36.7 Å². The van der Waals surface area contributed by atoms with Gasteiger partial charge in [-0.25, -0.2) is 13.2 Å². The summed E-state index contributed by atoms with van der Waals surface area (Å²) in [7, 11) is -2.04. The summed E-state index contributed by atoms with van der Waals surface area (Å²) in [6.07, 6.45) is 2.84. The highest BCUT2D eigenvalue weighted by atomic mass is 32.2. The molecule has 166 valence electrons. The molecule has 0 unspecified atom stereocenters. The van der Waals surface area contributed by atoms with E-state index in [1.807, 2.05) is 18.2 Å². The van der Waals surface area contributed by atoms with E-state index < -0.39 is 28.0 Å². The van der Waals surface area contributed by atoms with Crippen LogP contribution in [0.2, 0.25) is 0 Å². The topological polar surface area (TPSA) is 108 Å². The molecular weight excluding hydrogens is 416 g/mol. The molecular formula is C22H28N4O4S. The molecule has 2 aromatic rings. The van der Waals surface area contributed by atoms with Gasteiger partial charge in [-0.2, -0.15) is 4.31 Å². The summed E-state index contributed by atoms with van der Waals surface area (Å²) in [4.78, 5) is 24.4. The fourth-order valence-corrected chi connectivity index (χ4v) is 5.02. The standard InChI is InChI=1S/C22H28N4O4S/c1-23-22(28)25-21(27)20(18-8-4-2-5-9-18)24-16-17-10-12-19(13-11-17)31(29,30)26-14-6-3-7-15-26/h2,4-5,8-13,20,24H,3,6-7,14-16H2,1H3,(H2,23,25,27,28)/t20-/m1/s1. The molecule has 0 spiro atoms. The normalized spacial score (nSPS) is 15.8. The number of carbonyl (C=O) groups excluding carboxylic acids is 2. The van der Waals surface area contributed by atoms with Gasteiger partial charge in [0.1, 0.15) is 6.04 Å². The number of benzene rings is 2. The van der Waals surface area contributed by atoms with Gasteiger partial charge < -0.3 is 5.32 Å². The van der Waals surface area contributed by atoms with Crippen LogP contribution in [0.4, 0.5) is 4.79 Å². The first-order chi connectivity index (χ1) is 14.9. The van der Waals surface area contributed by atoms with E-state index in [1.165, 1.54) is 11.4 Å². The van der Waals surface area contributed by atoms with Gasteiger partial charge >= 0.3 is 6.03 Å². The number of nitrogens with one attached hydrogen (secondary N) is 3. The first kappa shape index (κ1) is 22.9. The Hall–Kier alpha value is -2.75. The monoisotopic (exact) mass is 444 g/mol. The van der Waals surface area contributed by atoms with Gasteiger partial charge in [0.05, 0.1) is 4.90 Å². The summed E-state index contributed by atoms with van der Waals surface area (Å²) in [6, 6.07) is 14.4. The maximum Gasteiger partial charge on any atom is 0.321 e. The average Bonchev–Trinajstić information content (AvgIpc) is 2.80. The summed E-state index contributed by atoms with van der Waals surface area (Å²) in [6.45, 7) is 1.44. The zero-order valence-electron chi connectivity index (χ0n) is 17.5. The second kappa shape index (κ2) is 10.5. The molecule has 0 aliphatic carbocycles. The van der Waals surface area contributed by atoms with Crippen molar-refractivity contribution in [2.24, 2.45) is 0 Å². The maximum atomic E-state index is 12.8. The third-order valence-electron chi connectivity index (χ3n) is 5.25. The first-order valence-electron chi connectivity index (χ1n) is 10.3. The van der Waals surface area contributed by atoms with Crippen LogP contribution in [0.1, 0.15) is 36.4 Å². The average molecular weight is 445 g/mol. The third-order valence-corrected chi connectivity index (χ3v) is 7.16. The Morgan fingerprint density at radius 3 is 2.23 bits per heavy atom. The lowest BCUT2D eigenvalue weighted by atomic mass is 10.1. The summed E-state index contributed by atoms with van der Waals surface area (Å²) in [5.74, 6) is -0.477. The van der Waals surface area contributed by atoms with Crippen molar-refractivity contribution in [3.05, 3.63) is 65.7 Å². The molecule has 8 nitrogen and oxygen atoms in total. The lowest BCUT2D eigenvalue weighted by Crippen LogP contribution is -2.44. The van der Waals surface area contributed by atoms with E-state index in [4.69, 9.17) is 0 Å². The van der Waals surface area contributed by atoms with Gasteiger partial charge in [-0.05, 0) is 36.1 Å². The Bertz CT molecular complexity index is 988. The number of piperidine rings is 1. The second-order valence-electron chi connectivity index (χ2n) is 7.40. The van der Waals surface area contributed by atoms with E-state index in [9.17, 15) is 18.0 Å². The van der Waals surface area contributed by atoms with E-state index in [0.717, 1.165) is 24.8 Å². The Balaban J connectivity index is 1.70. The van der Waals surface area contributed by atoms with Crippen LogP contribution < -0.4 is 16.0 Å². The molecule has 1 aliphatic rings. The summed E-state index contributed by atoms with van der Waals surface area (Å²) < 4.78 is 27.1. The number of hydrogen-bond donors (Lipinski definition) is 3. The van der Waals surface area contributed by atoms with Crippen LogP contribution in [0.3, 0.4) is 0 Å². The predicted molar refractivity (Wildman–Crippen MR) is 118 cm³/mol. The zero-order chi connectivity index (χ0) is 22.3. The molecule has 3 amide bonds. The van der Waals surface area contributed by atoms with Gasteiger partial charge in [-0.3, -0.25) is 15.4 Å². The molecule has 1 aliphatic heterocycles. The van der Waals surface area contributed by atoms with Crippen molar-refractivity contribution < 1.29 is 18.0 Å². The number of hydrogen-bond acceptors (Lipinski definition) is 5.